The van der Waals surface area contributed by atoms with Crippen molar-refractivity contribution in [1.29, 1.82) is 0 Å². The summed E-state index contributed by atoms with van der Waals surface area (Å²) in [5.41, 5.74) is 4.38. The molecule has 2 unspecified atom stereocenters. The zero-order valence-corrected chi connectivity index (χ0v) is 25.1. The maximum absolute atomic E-state index is 13.7. The molecule has 1 amide bonds. The second-order valence-electron chi connectivity index (χ2n) is 11.4. The molecule has 5 rings (SSSR count). The predicted molar refractivity (Wildman–Crippen MR) is 165 cm³/mol. The number of rotatable bonds is 11. The van der Waals surface area contributed by atoms with E-state index < -0.39 is 11.7 Å². The van der Waals surface area contributed by atoms with Gasteiger partial charge >= 0.3 is 5.92 Å². The van der Waals surface area contributed by atoms with Gasteiger partial charge in [-0.2, -0.15) is 13.9 Å². The fourth-order valence-electron chi connectivity index (χ4n) is 5.87. The maximum Gasteiger partial charge on any atom is 0.324 e. The van der Waals surface area contributed by atoms with E-state index in [2.05, 4.69) is 21.9 Å². The fourth-order valence-corrected chi connectivity index (χ4v) is 5.87. The lowest BCUT2D eigenvalue weighted by atomic mass is 9.90. The van der Waals surface area contributed by atoms with E-state index in [1.165, 1.54) is 12.4 Å². The first kappa shape index (κ1) is 31.1. The molecule has 10 heteroatoms. The number of alkyl halides is 2. The van der Waals surface area contributed by atoms with Crippen molar-refractivity contribution in [2.75, 3.05) is 20.3 Å². The van der Waals surface area contributed by atoms with Gasteiger partial charge in [0.15, 0.2) is 5.78 Å². The van der Waals surface area contributed by atoms with E-state index in [-0.39, 0.29) is 17.6 Å². The maximum atomic E-state index is 13.7. The summed E-state index contributed by atoms with van der Waals surface area (Å²) in [6.07, 6.45) is 9.80. The number of allylic oxidation sites excluding steroid dienone is 1. The Morgan fingerprint density at radius 3 is 2.52 bits per heavy atom. The van der Waals surface area contributed by atoms with Gasteiger partial charge in [-0.05, 0) is 67.9 Å². The number of nitrogens with zero attached hydrogens (tertiary/aromatic N) is 4. The molecule has 0 bridgehead atoms. The average Bonchev–Trinajstić information content (AvgIpc) is 3.31. The van der Waals surface area contributed by atoms with E-state index in [4.69, 9.17) is 9.84 Å². The number of carbonyl (C=O) groups excluding carboxylic acids is 2. The van der Waals surface area contributed by atoms with Crippen LogP contribution in [0.3, 0.4) is 0 Å². The van der Waals surface area contributed by atoms with Gasteiger partial charge in [0.1, 0.15) is 0 Å². The zero-order valence-electron chi connectivity index (χ0n) is 25.1. The number of halogens is 2. The number of aryl methyl sites for hydroxylation is 1. The lowest BCUT2D eigenvalue weighted by Crippen LogP contribution is -2.27. The topological polar surface area (TPSA) is 99.0 Å². The summed E-state index contributed by atoms with van der Waals surface area (Å²) < 4.78 is 34.5. The largest absolute Gasteiger partial charge is 0.383 e. The zero-order chi connectivity index (χ0) is 31.3. The second kappa shape index (κ2) is 13.5. The molecule has 1 aliphatic carbocycles. The Bertz CT molecular complexity index is 1630. The first-order valence-corrected chi connectivity index (χ1v) is 14.9. The number of methoxy groups -OCH3 is 1. The summed E-state index contributed by atoms with van der Waals surface area (Å²) in [6, 6.07) is 10.9. The number of hydrogen-bond donors (Lipinski definition) is 1. The van der Waals surface area contributed by atoms with E-state index >= 15 is 0 Å². The van der Waals surface area contributed by atoms with Crippen molar-refractivity contribution < 1.29 is 23.1 Å². The fraction of sp³-hybridized carbons (Fsp3) is 0.382. The third-order valence-corrected chi connectivity index (χ3v) is 8.46. The normalized spacial score (nSPS) is 17.3. The van der Waals surface area contributed by atoms with Gasteiger partial charge in [-0.1, -0.05) is 37.3 Å². The lowest BCUT2D eigenvalue weighted by Gasteiger charge is -2.15. The molecule has 2 atom stereocenters. The van der Waals surface area contributed by atoms with Crippen LogP contribution < -0.4 is 5.32 Å². The summed E-state index contributed by atoms with van der Waals surface area (Å²) in [5, 5.41) is 8.62. The number of hydrogen-bond acceptors (Lipinski definition) is 6. The van der Waals surface area contributed by atoms with Gasteiger partial charge < -0.3 is 10.1 Å². The SMILES string of the molecule is C=CC(F)(F)c1ncc(-c2ccc(C(=O)C3CCCC(Cn4cc5c(C)c(C(=O)NCCOC)ccc5n4)CC3)cc2)cn1. The van der Waals surface area contributed by atoms with Gasteiger partial charge in [-0.3, -0.25) is 14.3 Å². The number of ketones is 1. The summed E-state index contributed by atoms with van der Waals surface area (Å²) in [7, 11) is 1.60. The molecule has 0 aliphatic heterocycles. The molecule has 230 valence electrons. The van der Waals surface area contributed by atoms with Crippen LogP contribution in [0.4, 0.5) is 8.78 Å². The summed E-state index contributed by atoms with van der Waals surface area (Å²) in [6.45, 7) is 6.75. The number of ether oxygens (including phenoxy) is 1. The number of amides is 1. The van der Waals surface area contributed by atoms with Crippen molar-refractivity contribution in [3.63, 3.8) is 0 Å². The van der Waals surface area contributed by atoms with E-state index in [0.29, 0.717) is 41.8 Å². The smallest absolute Gasteiger partial charge is 0.324 e. The quantitative estimate of drug-likeness (QED) is 0.0908. The van der Waals surface area contributed by atoms with Crippen LogP contribution in [0.15, 0.2) is 67.6 Å². The molecule has 2 aromatic heterocycles. The number of benzene rings is 2. The minimum absolute atomic E-state index is 0.0484. The van der Waals surface area contributed by atoms with Crippen molar-refractivity contribution in [2.24, 2.45) is 11.8 Å². The molecule has 2 aromatic carbocycles. The minimum Gasteiger partial charge on any atom is -0.383 e. The Hall–Kier alpha value is -4.31. The Balaban J connectivity index is 1.19. The van der Waals surface area contributed by atoms with Crippen molar-refractivity contribution in [2.45, 2.75) is 51.5 Å². The summed E-state index contributed by atoms with van der Waals surface area (Å²) >= 11 is 0. The summed E-state index contributed by atoms with van der Waals surface area (Å²) in [5.74, 6) is -3.52. The summed E-state index contributed by atoms with van der Waals surface area (Å²) in [4.78, 5) is 33.6. The van der Waals surface area contributed by atoms with Crippen LogP contribution in [-0.2, 0) is 17.2 Å². The highest BCUT2D eigenvalue weighted by Gasteiger charge is 2.30. The second-order valence-corrected chi connectivity index (χ2v) is 11.4. The molecule has 1 fully saturated rings. The van der Waals surface area contributed by atoms with Crippen LogP contribution in [0, 0.1) is 18.8 Å². The van der Waals surface area contributed by atoms with Crippen molar-refractivity contribution in [1.82, 2.24) is 25.1 Å². The first-order chi connectivity index (χ1) is 21.2. The van der Waals surface area contributed by atoms with Crippen LogP contribution in [0.5, 0.6) is 0 Å². The molecule has 44 heavy (non-hydrogen) atoms. The van der Waals surface area contributed by atoms with Crippen molar-refractivity contribution >= 4 is 22.6 Å². The van der Waals surface area contributed by atoms with Crippen LogP contribution in [0.1, 0.15) is 64.2 Å². The van der Waals surface area contributed by atoms with Gasteiger partial charge in [-0.25, -0.2) is 9.97 Å². The van der Waals surface area contributed by atoms with Crippen molar-refractivity contribution in [3.05, 3.63) is 90.2 Å². The molecule has 1 aliphatic rings. The standard InChI is InChI=1S/C34H37F2N5O3/c1-4-34(35,36)33-38-18-27(19-39-33)24-10-12-26(13-11-24)31(42)25-7-5-6-23(8-9-25)20-41-21-29-22(2)28(14-15-30(29)40-41)32(43)37-16-17-44-3/h4,10-15,18-19,21,23,25H,1,5-9,16-17,20H2,2-3H3,(H,37,43). The number of carbonyl (C=O) groups is 2. The third-order valence-electron chi connectivity index (χ3n) is 8.46. The van der Waals surface area contributed by atoms with E-state index in [9.17, 15) is 18.4 Å². The number of fused-ring (bicyclic) bond motifs is 1. The van der Waals surface area contributed by atoms with Gasteiger partial charge in [-0.15, -0.1) is 0 Å². The number of nitrogens with one attached hydrogen (secondary N) is 1. The molecule has 1 saturated carbocycles. The van der Waals surface area contributed by atoms with E-state index in [1.807, 2.05) is 29.9 Å². The molecular weight excluding hydrogens is 564 g/mol. The van der Waals surface area contributed by atoms with E-state index in [1.54, 1.807) is 31.4 Å². The van der Waals surface area contributed by atoms with Crippen molar-refractivity contribution in [3.8, 4) is 11.1 Å². The van der Waals surface area contributed by atoms with Gasteiger partial charge in [0.05, 0.1) is 12.1 Å². The Morgan fingerprint density at radius 2 is 1.82 bits per heavy atom. The van der Waals surface area contributed by atoms with Crippen LogP contribution in [-0.4, -0.2) is 51.7 Å². The highest BCUT2D eigenvalue weighted by atomic mass is 19.3. The Labute approximate surface area is 255 Å². The highest BCUT2D eigenvalue weighted by molar-refractivity contribution is 6.00. The third kappa shape index (κ3) is 6.91. The van der Waals surface area contributed by atoms with Gasteiger partial charge in [0, 0.05) is 66.8 Å². The lowest BCUT2D eigenvalue weighted by molar-refractivity contribution is 0.0423. The molecule has 0 saturated heterocycles. The first-order valence-electron chi connectivity index (χ1n) is 14.9. The molecule has 0 spiro atoms. The van der Waals surface area contributed by atoms with Crippen LogP contribution in [0.2, 0.25) is 0 Å². The molecule has 0 radical (unpaired) electrons. The average molecular weight is 602 g/mol. The van der Waals surface area contributed by atoms with Gasteiger partial charge in [0.25, 0.3) is 5.91 Å². The van der Waals surface area contributed by atoms with Crippen LogP contribution in [0.25, 0.3) is 22.0 Å². The molecule has 1 N–H and O–H groups in total. The van der Waals surface area contributed by atoms with E-state index in [0.717, 1.165) is 60.7 Å². The highest BCUT2D eigenvalue weighted by Crippen LogP contribution is 2.32. The molecule has 8 nitrogen and oxygen atoms in total. The predicted octanol–water partition coefficient (Wildman–Crippen LogP) is 6.54. The molecular formula is C34H37F2N5O3. The molecule has 2 heterocycles. The Kier molecular flexibility index (Phi) is 9.58. The number of aromatic nitrogens is 4. The molecule has 4 aromatic rings. The minimum atomic E-state index is -3.29. The Morgan fingerprint density at radius 1 is 1.07 bits per heavy atom. The monoisotopic (exact) mass is 601 g/mol. The number of Topliss-reactive ketones (excluding diaryl/α,β-unsaturated/α-hetero) is 1. The van der Waals surface area contributed by atoms with Gasteiger partial charge in [0.2, 0.25) is 5.82 Å². The van der Waals surface area contributed by atoms with Crippen LogP contribution >= 0.6 is 0 Å².